The zero-order valence-electron chi connectivity index (χ0n) is 20.3. The predicted octanol–water partition coefficient (Wildman–Crippen LogP) is 7.86. The van der Waals surface area contributed by atoms with Gasteiger partial charge in [-0.15, -0.1) is 0 Å². The number of nitrogens with zero attached hydrogens (tertiary/aromatic N) is 2. The Kier molecular flexibility index (Phi) is 7.85. The van der Waals surface area contributed by atoms with Crippen LogP contribution in [0, 0.1) is 0 Å². The second kappa shape index (κ2) is 11.6. The number of hydrogen-bond donors (Lipinski definition) is 2. The highest BCUT2D eigenvalue weighted by atomic mass is 35.5. The highest BCUT2D eigenvalue weighted by Gasteiger charge is 2.16. The molecule has 1 unspecified atom stereocenters. The SMILES string of the molecule is CC(Oc1ccc2[nH]nc(/C=C/c3ccc(CNCc4ccccc4)cc3)c2c1)c1c(Cl)cncc1Cl. The summed E-state index contributed by atoms with van der Waals surface area (Å²) in [6.45, 7) is 3.58. The van der Waals surface area contributed by atoms with E-state index in [9.17, 15) is 0 Å². The topological polar surface area (TPSA) is 62.8 Å². The third kappa shape index (κ3) is 6.20. The fourth-order valence-electron chi connectivity index (χ4n) is 4.16. The molecule has 0 aliphatic carbocycles. The Morgan fingerprint density at radius 1 is 0.892 bits per heavy atom. The van der Waals surface area contributed by atoms with Crippen LogP contribution in [0.5, 0.6) is 5.75 Å². The first-order valence-corrected chi connectivity index (χ1v) is 12.8. The van der Waals surface area contributed by atoms with Crippen molar-refractivity contribution in [2.45, 2.75) is 26.1 Å². The molecule has 0 bridgehead atoms. The summed E-state index contributed by atoms with van der Waals surface area (Å²) in [5.41, 5.74) is 6.10. The van der Waals surface area contributed by atoms with Gasteiger partial charge in [0, 0.05) is 36.4 Å². The third-order valence-electron chi connectivity index (χ3n) is 6.09. The van der Waals surface area contributed by atoms with Gasteiger partial charge in [0.15, 0.2) is 0 Å². The van der Waals surface area contributed by atoms with Crippen molar-refractivity contribution in [2.75, 3.05) is 0 Å². The summed E-state index contributed by atoms with van der Waals surface area (Å²) in [5, 5.41) is 13.0. The van der Waals surface area contributed by atoms with Crippen molar-refractivity contribution in [3.05, 3.63) is 123 Å². The van der Waals surface area contributed by atoms with Crippen LogP contribution in [0.4, 0.5) is 0 Å². The number of benzene rings is 3. The minimum absolute atomic E-state index is 0.341. The van der Waals surface area contributed by atoms with E-state index in [1.54, 1.807) is 12.4 Å². The van der Waals surface area contributed by atoms with Gasteiger partial charge in [-0.1, -0.05) is 83.9 Å². The minimum atomic E-state index is -0.341. The molecule has 2 N–H and O–H groups in total. The van der Waals surface area contributed by atoms with E-state index in [1.165, 1.54) is 11.1 Å². The number of aromatic nitrogens is 3. The Hall–Kier alpha value is -3.64. The summed E-state index contributed by atoms with van der Waals surface area (Å²) in [4.78, 5) is 4.01. The molecule has 1 atom stereocenters. The van der Waals surface area contributed by atoms with Crippen molar-refractivity contribution < 1.29 is 4.74 Å². The Morgan fingerprint density at radius 2 is 1.59 bits per heavy atom. The number of hydrogen-bond acceptors (Lipinski definition) is 4. The van der Waals surface area contributed by atoms with Gasteiger partial charge in [-0.2, -0.15) is 5.10 Å². The van der Waals surface area contributed by atoms with E-state index in [0.29, 0.717) is 21.4 Å². The third-order valence-corrected chi connectivity index (χ3v) is 6.69. The number of aromatic amines is 1. The van der Waals surface area contributed by atoms with Gasteiger partial charge < -0.3 is 10.1 Å². The van der Waals surface area contributed by atoms with Crippen LogP contribution in [-0.2, 0) is 13.1 Å². The second-order valence-corrected chi connectivity index (χ2v) is 9.57. The van der Waals surface area contributed by atoms with E-state index in [4.69, 9.17) is 27.9 Å². The minimum Gasteiger partial charge on any atom is -0.486 e. The molecule has 0 aliphatic heterocycles. The molecule has 0 radical (unpaired) electrons. The van der Waals surface area contributed by atoms with Gasteiger partial charge in [0.25, 0.3) is 0 Å². The zero-order chi connectivity index (χ0) is 25.6. The van der Waals surface area contributed by atoms with Crippen molar-refractivity contribution in [3.63, 3.8) is 0 Å². The van der Waals surface area contributed by atoms with Gasteiger partial charge in [0.2, 0.25) is 0 Å². The van der Waals surface area contributed by atoms with Gasteiger partial charge in [0.1, 0.15) is 11.9 Å². The van der Waals surface area contributed by atoms with Crippen LogP contribution in [0.15, 0.2) is 85.2 Å². The number of halogens is 2. The molecule has 0 saturated carbocycles. The molecule has 186 valence electrons. The maximum absolute atomic E-state index is 6.30. The molecule has 3 aromatic carbocycles. The van der Waals surface area contributed by atoms with Gasteiger partial charge in [-0.05, 0) is 47.9 Å². The summed E-state index contributed by atoms with van der Waals surface area (Å²) in [6, 6.07) is 24.7. The molecule has 5 nitrogen and oxygen atoms in total. The Labute approximate surface area is 226 Å². The summed E-state index contributed by atoms with van der Waals surface area (Å²) in [7, 11) is 0. The van der Waals surface area contributed by atoms with Gasteiger partial charge >= 0.3 is 0 Å². The first kappa shape index (κ1) is 25.0. The number of pyridine rings is 1. The van der Waals surface area contributed by atoms with Crippen molar-refractivity contribution >= 4 is 46.3 Å². The quantitative estimate of drug-likeness (QED) is 0.204. The summed E-state index contributed by atoms with van der Waals surface area (Å²) in [5.74, 6) is 0.701. The lowest BCUT2D eigenvalue weighted by molar-refractivity contribution is 0.227. The Bertz CT molecular complexity index is 1490. The van der Waals surface area contributed by atoms with E-state index in [2.05, 4.69) is 75.1 Å². The lowest BCUT2D eigenvalue weighted by Crippen LogP contribution is -2.12. The Balaban J connectivity index is 1.25. The second-order valence-electron chi connectivity index (χ2n) is 8.76. The van der Waals surface area contributed by atoms with Crippen LogP contribution < -0.4 is 10.1 Å². The lowest BCUT2D eigenvalue weighted by atomic mass is 10.1. The van der Waals surface area contributed by atoms with E-state index < -0.39 is 0 Å². The number of nitrogens with one attached hydrogen (secondary N) is 2. The van der Waals surface area contributed by atoms with Crippen molar-refractivity contribution in [1.29, 1.82) is 0 Å². The van der Waals surface area contributed by atoms with Crippen LogP contribution in [0.2, 0.25) is 10.0 Å². The van der Waals surface area contributed by atoms with Gasteiger partial charge in [0.05, 0.1) is 21.3 Å². The standard InChI is InChI=1S/C30H26Cl2N4O/c1-20(30-26(31)18-34-19-27(30)32)37-24-12-14-29-25(15-24)28(35-36-29)13-11-21-7-9-23(10-8-21)17-33-16-22-5-3-2-4-6-22/h2-15,18-20,33H,16-17H2,1H3,(H,35,36)/b13-11+. The fraction of sp³-hybridized carbons (Fsp3) is 0.133. The fourth-order valence-corrected chi connectivity index (χ4v) is 4.83. The average Bonchev–Trinajstić information content (AvgIpc) is 3.31. The van der Waals surface area contributed by atoms with E-state index >= 15 is 0 Å². The molecule has 37 heavy (non-hydrogen) atoms. The highest BCUT2D eigenvalue weighted by molar-refractivity contribution is 6.35. The molecule has 7 heteroatoms. The number of rotatable bonds is 9. The normalized spacial score (nSPS) is 12.3. The average molecular weight is 529 g/mol. The molecule has 2 heterocycles. The molecule has 0 aliphatic rings. The molecule has 0 fully saturated rings. The molecule has 0 amide bonds. The van der Waals surface area contributed by atoms with Crippen LogP contribution in [-0.4, -0.2) is 15.2 Å². The van der Waals surface area contributed by atoms with Crippen molar-refractivity contribution in [2.24, 2.45) is 0 Å². The number of H-pyrrole nitrogens is 1. The smallest absolute Gasteiger partial charge is 0.124 e. The lowest BCUT2D eigenvalue weighted by Gasteiger charge is -2.17. The molecule has 2 aromatic heterocycles. The van der Waals surface area contributed by atoms with Crippen LogP contribution in [0.3, 0.4) is 0 Å². The van der Waals surface area contributed by atoms with Crippen molar-refractivity contribution in [3.8, 4) is 5.75 Å². The largest absolute Gasteiger partial charge is 0.486 e. The van der Waals surface area contributed by atoms with E-state index in [-0.39, 0.29) is 6.10 Å². The van der Waals surface area contributed by atoms with Crippen molar-refractivity contribution in [1.82, 2.24) is 20.5 Å². The molecular weight excluding hydrogens is 503 g/mol. The number of fused-ring (bicyclic) bond motifs is 1. The molecule has 5 aromatic rings. The van der Waals surface area contributed by atoms with E-state index in [0.717, 1.165) is 35.2 Å². The first-order chi connectivity index (χ1) is 18.1. The van der Waals surface area contributed by atoms with Crippen LogP contribution in [0.25, 0.3) is 23.1 Å². The molecule has 0 spiro atoms. The monoisotopic (exact) mass is 528 g/mol. The summed E-state index contributed by atoms with van der Waals surface area (Å²) < 4.78 is 6.16. The predicted molar refractivity (Wildman–Crippen MR) is 152 cm³/mol. The maximum Gasteiger partial charge on any atom is 0.124 e. The molecule has 5 rings (SSSR count). The van der Waals surface area contributed by atoms with Gasteiger partial charge in [-0.25, -0.2) is 0 Å². The maximum atomic E-state index is 6.30. The van der Waals surface area contributed by atoms with E-state index in [1.807, 2.05) is 37.3 Å². The van der Waals surface area contributed by atoms with Crippen LogP contribution >= 0.6 is 23.2 Å². The first-order valence-electron chi connectivity index (χ1n) is 12.0. The Morgan fingerprint density at radius 3 is 2.32 bits per heavy atom. The molecular formula is C30H26Cl2N4O. The summed E-state index contributed by atoms with van der Waals surface area (Å²) >= 11 is 12.6. The molecule has 0 saturated heterocycles. The number of ether oxygens (including phenoxy) is 1. The summed E-state index contributed by atoms with van der Waals surface area (Å²) in [6.07, 6.45) is 6.86. The zero-order valence-corrected chi connectivity index (χ0v) is 21.8. The van der Waals surface area contributed by atoms with Gasteiger partial charge in [-0.3, -0.25) is 10.1 Å². The van der Waals surface area contributed by atoms with Crippen LogP contribution in [0.1, 0.15) is 41.0 Å². The highest BCUT2D eigenvalue weighted by Crippen LogP contribution is 2.33.